The summed E-state index contributed by atoms with van der Waals surface area (Å²) < 4.78 is 31.9. The molecule has 0 N–H and O–H groups in total. The van der Waals surface area contributed by atoms with Crippen molar-refractivity contribution in [1.29, 1.82) is 0 Å². The monoisotopic (exact) mass is 407 g/mol. The molecule has 1 aliphatic heterocycles. The van der Waals surface area contributed by atoms with E-state index in [9.17, 15) is 13.2 Å². The molecular weight excluding hydrogens is 397 g/mol. The molecule has 5 nitrogen and oxygen atoms in total. The summed E-state index contributed by atoms with van der Waals surface area (Å²) in [7, 11) is -3.82. The average molecular weight is 408 g/mol. The van der Waals surface area contributed by atoms with Gasteiger partial charge in [0.15, 0.2) is 0 Å². The van der Waals surface area contributed by atoms with Crippen molar-refractivity contribution < 1.29 is 17.9 Å². The van der Waals surface area contributed by atoms with Crippen LogP contribution in [0.5, 0.6) is 5.75 Å². The van der Waals surface area contributed by atoms with Gasteiger partial charge in [-0.1, -0.05) is 47.5 Å². The number of sulfonamides is 1. The Balaban J connectivity index is 1.67. The number of rotatable bonds is 3. The molecule has 1 heterocycles. The first-order chi connectivity index (χ1) is 12.4. The van der Waals surface area contributed by atoms with E-state index in [0.717, 1.165) is 9.69 Å². The molecule has 0 atom stereocenters. The van der Waals surface area contributed by atoms with Crippen LogP contribution in [-0.4, -0.2) is 20.9 Å². The van der Waals surface area contributed by atoms with E-state index >= 15 is 0 Å². The quantitative estimate of drug-likeness (QED) is 0.480. The minimum atomic E-state index is -3.82. The Bertz CT molecular complexity index is 1160. The predicted octanol–water partition coefficient (Wildman–Crippen LogP) is 4.26. The van der Waals surface area contributed by atoms with Crippen molar-refractivity contribution in [2.75, 3.05) is 10.8 Å². The number of carbonyl (C=O) groups is 1. The van der Waals surface area contributed by atoms with Crippen LogP contribution in [0.3, 0.4) is 0 Å². The Labute approximate surface area is 159 Å². The molecule has 0 unspecified atom stereocenters. The van der Waals surface area contributed by atoms with E-state index in [1.165, 1.54) is 24.3 Å². The molecule has 0 saturated carbocycles. The van der Waals surface area contributed by atoms with E-state index in [1.807, 2.05) is 12.1 Å². The molecule has 132 valence electrons. The molecule has 0 saturated heterocycles. The molecule has 0 fully saturated rings. The number of carbonyl (C=O) groups excluding carboxylic acids is 1. The molecule has 0 bridgehead atoms. The molecule has 0 aliphatic carbocycles. The van der Waals surface area contributed by atoms with Crippen LogP contribution in [0.2, 0.25) is 10.0 Å². The van der Waals surface area contributed by atoms with Gasteiger partial charge < -0.3 is 4.74 Å². The lowest BCUT2D eigenvalue weighted by atomic mass is 10.1. The lowest BCUT2D eigenvalue weighted by molar-refractivity contribution is -0.132. The maximum Gasteiger partial charge on any atom is 0.332 e. The summed E-state index contributed by atoms with van der Waals surface area (Å²) in [5.74, 6) is -0.629. The Morgan fingerprint density at radius 2 is 1.77 bits per heavy atom. The molecule has 8 heteroatoms. The minimum absolute atomic E-state index is 0.119. The van der Waals surface area contributed by atoms with Crippen LogP contribution in [0.25, 0.3) is 10.8 Å². The second-order valence-electron chi connectivity index (χ2n) is 5.69. The topological polar surface area (TPSA) is 63.7 Å². The Kier molecular flexibility index (Phi) is 4.06. The molecule has 26 heavy (non-hydrogen) atoms. The van der Waals surface area contributed by atoms with Crippen LogP contribution in [0, 0.1) is 0 Å². The number of hydrogen-bond donors (Lipinski definition) is 0. The number of ether oxygens (including phenoxy) is 1. The van der Waals surface area contributed by atoms with Crippen molar-refractivity contribution in [2.45, 2.75) is 4.90 Å². The fourth-order valence-corrected chi connectivity index (χ4v) is 5.06. The first kappa shape index (κ1) is 17.1. The van der Waals surface area contributed by atoms with Gasteiger partial charge in [0.1, 0.15) is 12.3 Å². The number of hydrogen-bond acceptors (Lipinski definition) is 4. The first-order valence-corrected chi connectivity index (χ1v) is 9.78. The maximum absolute atomic E-state index is 12.8. The lowest BCUT2D eigenvalue weighted by Gasteiger charge is -2.18. The third-order valence-electron chi connectivity index (χ3n) is 4.07. The summed E-state index contributed by atoms with van der Waals surface area (Å²) in [4.78, 5) is 12.5. The average Bonchev–Trinajstić information content (AvgIpc) is 2.81. The molecule has 0 radical (unpaired) electrons. The van der Waals surface area contributed by atoms with Crippen molar-refractivity contribution in [3.05, 3.63) is 64.6 Å². The van der Waals surface area contributed by atoms with Gasteiger partial charge in [-0.05, 0) is 35.7 Å². The fraction of sp³-hybridized carbons (Fsp3) is 0.0556. The maximum atomic E-state index is 12.8. The van der Waals surface area contributed by atoms with Gasteiger partial charge in [-0.3, -0.25) is 4.31 Å². The van der Waals surface area contributed by atoms with Crippen molar-refractivity contribution in [1.82, 2.24) is 0 Å². The van der Waals surface area contributed by atoms with E-state index < -0.39 is 22.5 Å². The lowest BCUT2D eigenvalue weighted by Crippen LogP contribution is -2.34. The van der Waals surface area contributed by atoms with E-state index in [1.54, 1.807) is 18.2 Å². The van der Waals surface area contributed by atoms with Crippen LogP contribution >= 0.6 is 23.2 Å². The van der Waals surface area contributed by atoms with Gasteiger partial charge in [0.2, 0.25) is 0 Å². The van der Waals surface area contributed by atoms with Crippen LogP contribution in [0.1, 0.15) is 0 Å². The molecule has 0 amide bonds. The SMILES string of the molecule is O=C(CN1c2cccc3cccc(c23)S1(=O)=O)Oc1ccc(Cl)cc1Cl. The number of anilines is 1. The third kappa shape index (κ3) is 2.70. The standard InChI is InChI=1S/C18H11Cl2NO4S/c19-12-7-8-15(13(20)9-12)25-17(22)10-21-14-5-1-3-11-4-2-6-16(18(11)14)26(21,23)24/h1-9H,10H2. The zero-order chi connectivity index (χ0) is 18.5. The van der Waals surface area contributed by atoms with Gasteiger partial charge in [-0.15, -0.1) is 0 Å². The third-order valence-corrected chi connectivity index (χ3v) is 6.40. The highest BCUT2D eigenvalue weighted by Crippen LogP contribution is 2.41. The summed E-state index contributed by atoms with van der Waals surface area (Å²) in [6.45, 7) is -0.463. The van der Waals surface area contributed by atoms with Gasteiger partial charge in [-0.2, -0.15) is 0 Å². The van der Waals surface area contributed by atoms with E-state index in [0.29, 0.717) is 16.1 Å². The highest BCUT2D eigenvalue weighted by atomic mass is 35.5. The van der Waals surface area contributed by atoms with Gasteiger partial charge in [0.25, 0.3) is 10.0 Å². The van der Waals surface area contributed by atoms with E-state index in [4.69, 9.17) is 27.9 Å². The van der Waals surface area contributed by atoms with Crippen molar-refractivity contribution >= 4 is 55.7 Å². The number of benzene rings is 3. The highest BCUT2D eigenvalue weighted by molar-refractivity contribution is 7.93. The molecule has 0 spiro atoms. The summed E-state index contributed by atoms with van der Waals surface area (Å²) in [6.07, 6.45) is 0. The molecule has 3 aromatic rings. The Hall–Kier alpha value is -2.28. The second kappa shape index (κ2) is 6.16. The molecule has 4 rings (SSSR count). The van der Waals surface area contributed by atoms with Gasteiger partial charge in [0.05, 0.1) is 15.6 Å². The first-order valence-electron chi connectivity index (χ1n) is 7.58. The zero-order valence-corrected chi connectivity index (χ0v) is 15.5. The van der Waals surface area contributed by atoms with Crippen molar-refractivity contribution in [2.24, 2.45) is 0 Å². The zero-order valence-electron chi connectivity index (χ0n) is 13.1. The Morgan fingerprint density at radius 1 is 1.04 bits per heavy atom. The van der Waals surface area contributed by atoms with Crippen LogP contribution < -0.4 is 9.04 Å². The highest BCUT2D eigenvalue weighted by Gasteiger charge is 2.37. The molecular formula is C18H11Cl2NO4S. The van der Waals surface area contributed by atoms with Gasteiger partial charge in [0, 0.05) is 10.4 Å². The van der Waals surface area contributed by atoms with Gasteiger partial charge in [-0.25, -0.2) is 13.2 Å². The van der Waals surface area contributed by atoms with Crippen molar-refractivity contribution in [3.8, 4) is 5.75 Å². The van der Waals surface area contributed by atoms with Crippen LogP contribution in [0.15, 0.2) is 59.5 Å². The van der Waals surface area contributed by atoms with E-state index in [2.05, 4.69) is 0 Å². The van der Waals surface area contributed by atoms with Crippen molar-refractivity contribution in [3.63, 3.8) is 0 Å². The van der Waals surface area contributed by atoms with Crippen LogP contribution in [-0.2, 0) is 14.8 Å². The summed E-state index contributed by atoms with van der Waals surface area (Å²) in [5, 5.41) is 1.96. The van der Waals surface area contributed by atoms with Crippen LogP contribution in [0.4, 0.5) is 5.69 Å². The normalized spacial score (nSPS) is 14.6. The molecule has 3 aromatic carbocycles. The van der Waals surface area contributed by atoms with Gasteiger partial charge >= 0.3 is 5.97 Å². The smallest absolute Gasteiger partial charge is 0.332 e. The number of esters is 1. The van der Waals surface area contributed by atoms with E-state index in [-0.39, 0.29) is 15.7 Å². The summed E-state index contributed by atoms with van der Waals surface area (Å²) >= 11 is 11.8. The Morgan fingerprint density at radius 3 is 2.50 bits per heavy atom. The minimum Gasteiger partial charge on any atom is -0.424 e. The summed E-state index contributed by atoms with van der Waals surface area (Å²) in [5.41, 5.74) is 0.456. The largest absolute Gasteiger partial charge is 0.424 e. The summed E-state index contributed by atoms with van der Waals surface area (Å²) in [6, 6.07) is 14.7. The number of halogens is 2. The number of nitrogens with zero attached hydrogens (tertiary/aromatic N) is 1. The molecule has 1 aliphatic rings. The second-order valence-corrected chi connectivity index (χ2v) is 8.37. The predicted molar refractivity (Wildman–Crippen MR) is 101 cm³/mol. The fourth-order valence-electron chi connectivity index (χ4n) is 2.96. The molecule has 0 aromatic heterocycles.